The summed E-state index contributed by atoms with van der Waals surface area (Å²) >= 11 is 0. The topological polar surface area (TPSA) is 17.1 Å². The first-order chi connectivity index (χ1) is 6.42. The van der Waals surface area contributed by atoms with Crippen molar-refractivity contribution in [2.75, 3.05) is 0 Å². The predicted molar refractivity (Wildman–Crippen MR) is 51.0 cm³/mol. The van der Waals surface area contributed by atoms with Crippen LogP contribution >= 0.6 is 0 Å². The van der Waals surface area contributed by atoms with Crippen molar-refractivity contribution in [2.45, 2.75) is 5.92 Å². The van der Waals surface area contributed by atoms with Crippen LogP contribution in [0, 0.1) is 0 Å². The van der Waals surface area contributed by atoms with Crippen molar-refractivity contribution in [3.63, 3.8) is 0 Å². The van der Waals surface area contributed by atoms with Crippen LogP contribution in [0.15, 0.2) is 36.4 Å². The van der Waals surface area contributed by atoms with Crippen LogP contribution in [0.3, 0.4) is 0 Å². The Morgan fingerprint density at radius 2 is 2.00 bits per heavy atom. The van der Waals surface area contributed by atoms with E-state index >= 15 is 0 Å². The van der Waals surface area contributed by atoms with Gasteiger partial charge in [-0.1, -0.05) is 30.3 Å². The van der Waals surface area contributed by atoms with Crippen molar-refractivity contribution in [1.29, 1.82) is 0 Å². The second-order valence-electron chi connectivity index (χ2n) is 3.41. The standard InChI is InChI=1S/C12H8O/c13-7-11-10-6-8-4-2-1-3-5-9(8)12(10)11/h1-7,11H. The van der Waals surface area contributed by atoms with Gasteiger partial charge in [-0.25, -0.2) is 0 Å². The molecule has 0 spiro atoms. The van der Waals surface area contributed by atoms with E-state index in [2.05, 4.69) is 18.2 Å². The number of rotatable bonds is 1. The molecule has 1 nitrogen and oxygen atoms in total. The van der Waals surface area contributed by atoms with Crippen LogP contribution in [0.2, 0.25) is 0 Å². The molecule has 3 aliphatic carbocycles. The normalized spacial score (nSPS) is 18.3. The molecule has 0 fully saturated rings. The van der Waals surface area contributed by atoms with Gasteiger partial charge in [0.15, 0.2) is 0 Å². The Bertz CT molecular complexity index is 459. The van der Waals surface area contributed by atoms with Crippen LogP contribution in [-0.4, -0.2) is 6.29 Å². The molecule has 62 valence electrons. The third-order valence-electron chi connectivity index (χ3n) is 2.68. The summed E-state index contributed by atoms with van der Waals surface area (Å²) in [4.78, 5) is 10.6. The number of fused-ring (bicyclic) bond motifs is 3. The smallest absolute Gasteiger partial charge is 0.131 e. The molecule has 1 unspecified atom stereocenters. The lowest BCUT2D eigenvalue weighted by Gasteiger charge is -1.94. The average Bonchev–Trinajstić information content (AvgIpc) is 2.80. The Hall–Kier alpha value is -1.63. The van der Waals surface area contributed by atoms with Crippen LogP contribution in [0.5, 0.6) is 0 Å². The van der Waals surface area contributed by atoms with E-state index in [4.69, 9.17) is 0 Å². The summed E-state index contributed by atoms with van der Waals surface area (Å²) in [6, 6.07) is 12.3. The molecule has 3 rings (SSSR count). The van der Waals surface area contributed by atoms with Crippen LogP contribution in [0.25, 0.3) is 11.1 Å². The van der Waals surface area contributed by atoms with E-state index in [1.807, 2.05) is 18.2 Å². The summed E-state index contributed by atoms with van der Waals surface area (Å²) in [6.07, 6.45) is 1.02. The lowest BCUT2D eigenvalue weighted by Crippen LogP contribution is -1.79. The lowest BCUT2D eigenvalue weighted by molar-refractivity contribution is -0.107. The highest BCUT2D eigenvalue weighted by Crippen LogP contribution is 2.51. The number of carbonyl (C=O) groups excluding carboxylic acids is 1. The fourth-order valence-electron chi connectivity index (χ4n) is 1.99. The van der Waals surface area contributed by atoms with Gasteiger partial charge >= 0.3 is 0 Å². The van der Waals surface area contributed by atoms with Crippen LogP contribution in [0.4, 0.5) is 0 Å². The third kappa shape index (κ3) is 0.788. The van der Waals surface area contributed by atoms with Crippen LogP contribution in [0.1, 0.15) is 17.0 Å². The van der Waals surface area contributed by atoms with Crippen molar-refractivity contribution in [3.8, 4) is 11.1 Å². The summed E-state index contributed by atoms with van der Waals surface area (Å²) < 4.78 is 0. The minimum atomic E-state index is 0.106. The summed E-state index contributed by atoms with van der Waals surface area (Å²) in [7, 11) is 0. The maximum absolute atomic E-state index is 10.6. The van der Waals surface area contributed by atoms with Gasteiger partial charge < -0.3 is 4.79 Å². The summed E-state index contributed by atoms with van der Waals surface area (Å²) in [6.45, 7) is 0. The molecule has 0 saturated carbocycles. The van der Waals surface area contributed by atoms with Crippen molar-refractivity contribution in [3.05, 3.63) is 47.5 Å². The highest BCUT2D eigenvalue weighted by Gasteiger charge is 2.37. The highest BCUT2D eigenvalue weighted by atomic mass is 16.1. The van der Waals surface area contributed by atoms with Gasteiger partial charge in [0.25, 0.3) is 0 Å². The Morgan fingerprint density at radius 1 is 1.15 bits per heavy atom. The second-order valence-corrected chi connectivity index (χ2v) is 3.41. The van der Waals surface area contributed by atoms with Crippen LogP contribution in [-0.2, 0) is 4.79 Å². The predicted octanol–water partition coefficient (Wildman–Crippen LogP) is 2.44. The number of hydrogen-bond acceptors (Lipinski definition) is 1. The third-order valence-corrected chi connectivity index (χ3v) is 2.68. The molecule has 1 atom stereocenters. The van der Waals surface area contributed by atoms with Crippen molar-refractivity contribution in [2.24, 2.45) is 0 Å². The monoisotopic (exact) mass is 168 g/mol. The van der Waals surface area contributed by atoms with Crippen molar-refractivity contribution < 1.29 is 4.79 Å². The molecule has 0 aliphatic heterocycles. The Kier molecular flexibility index (Phi) is 1.15. The Balaban J connectivity index is 2.27. The average molecular weight is 168 g/mol. The summed E-state index contributed by atoms with van der Waals surface area (Å²) in [5.74, 6) is 0.106. The van der Waals surface area contributed by atoms with Crippen molar-refractivity contribution in [1.82, 2.24) is 0 Å². The molecule has 0 aromatic carbocycles. The van der Waals surface area contributed by atoms with Gasteiger partial charge in [-0.2, -0.15) is 0 Å². The Morgan fingerprint density at radius 3 is 2.85 bits per heavy atom. The van der Waals surface area contributed by atoms with Crippen molar-refractivity contribution >= 4 is 6.29 Å². The SMILES string of the molecule is O=CC1c2cc3cccccc-3c21. The molecule has 0 saturated heterocycles. The minimum Gasteiger partial charge on any atom is -0.302 e. The van der Waals surface area contributed by atoms with Gasteiger partial charge in [-0.05, 0) is 28.3 Å². The molecule has 0 heterocycles. The zero-order chi connectivity index (χ0) is 8.84. The van der Waals surface area contributed by atoms with Gasteiger partial charge in [-0.15, -0.1) is 0 Å². The maximum atomic E-state index is 10.6. The molecule has 0 bridgehead atoms. The van der Waals surface area contributed by atoms with E-state index in [0.29, 0.717) is 0 Å². The summed E-state index contributed by atoms with van der Waals surface area (Å²) in [5.41, 5.74) is 4.93. The first-order valence-corrected chi connectivity index (χ1v) is 4.38. The molecule has 0 amide bonds. The maximum Gasteiger partial charge on any atom is 0.131 e. The van der Waals surface area contributed by atoms with Crippen LogP contribution < -0.4 is 0 Å². The van der Waals surface area contributed by atoms with E-state index in [9.17, 15) is 4.79 Å². The van der Waals surface area contributed by atoms with E-state index in [0.717, 1.165) is 6.29 Å². The molecule has 1 heteroatoms. The molecule has 3 aliphatic rings. The second kappa shape index (κ2) is 2.19. The largest absolute Gasteiger partial charge is 0.302 e. The molecular weight excluding hydrogens is 160 g/mol. The first-order valence-electron chi connectivity index (χ1n) is 4.38. The molecule has 0 aromatic heterocycles. The minimum absolute atomic E-state index is 0.106. The number of hydrogen-bond donors (Lipinski definition) is 0. The summed E-state index contributed by atoms with van der Waals surface area (Å²) in [5, 5.41) is 0. The van der Waals surface area contributed by atoms with Gasteiger partial charge in [0.2, 0.25) is 0 Å². The molecular formula is C12H8O. The van der Waals surface area contributed by atoms with E-state index in [-0.39, 0.29) is 5.92 Å². The number of carbonyl (C=O) groups is 1. The van der Waals surface area contributed by atoms with Gasteiger partial charge in [0.1, 0.15) is 6.29 Å². The first kappa shape index (κ1) is 6.84. The van der Waals surface area contributed by atoms with Gasteiger partial charge in [0, 0.05) is 0 Å². The fourth-order valence-corrected chi connectivity index (χ4v) is 1.99. The molecule has 0 N–H and O–H groups in total. The fraction of sp³-hybridized carbons (Fsp3) is 0.0833. The van der Waals surface area contributed by atoms with Gasteiger partial charge in [0.05, 0.1) is 5.92 Å². The zero-order valence-electron chi connectivity index (χ0n) is 7.03. The van der Waals surface area contributed by atoms with E-state index < -0.39 is 0 Å². The number of aldehydes is 1. The van der Waals surface area contributed by atoms with E-state index in [1.54, 1.807) is 0 Å². The lowest BCUT2D eigenvalue weighted by atomic mass is 10.1. The van der Waals surface area contributed by atoms with E-state index in [1.165, 1.54) is 22.3 Å². The van der Waals surface area contributed by atoms with Gasteiger partial charge in [-0.3, -0.25) is 0 Å². The highest BCUT2D eigenvalue weighted by molar-refractivity contribution is 5.92. The molecule has 13 heavy (non-hydrogen) atoms. The molecule has 0 radical (unpaired) electrons. The quantitative estimate of drug-likeness (QED) is 0.598. The molecule has 0 aromatic rings. The zero-order valence-corrected chi connectivity index (χ0v) is 7.03. The Labute approximate surface area is 76.4 Å².